The Morgan fingerprint density at radius 3 is 3.00 bits per heavy atom. The molecule has 0 amide bonds. The highest BCUT2D eigenvalue weighted by Gasteiger charge is 2.20. The molecule has 0 saturated carbocycles. The summed E-state index contributed by atoms with van der Waals surface area (Å²) in [5.74, 6) is -0.914. The number of carboxylic acid groups (broad SMARTS) is 1. The highest BCUT2D eigenvalue weighted by Crippen LogP contribution is 2.28. The molecule has 1 aliphatic heterocycles. The van der Waals surface area contributed by atoms with Crippen LogP contribution in [0.4, 0.5) is 0 Å². The van der Waals surface area contributed by atoms with Gasteiger partial charge in [-0.05, 0) is 44.4 Å². The average molecular weight is 260 g/mol. The van der Waals surface area contributed by atoms with Crippen LogP contribution in [-0.2, 0) is 4.74 Å². The van der Waals surface area contributed by atoms with Crippen molar-refractivity contribution in [1.29, 1.82) is 0 Å². The van der Waals surface area contributed by atoms with E-state index < -0.39 is 5.97 Å². The second kappa shape index (κ2) is 4.66. The summed E-state index contributed by atoms with van der Waals surface area (Å²) >= 11 is 0. The molecule has 1 aromatic carbocycles. The standard InChI is InChI=1S/C14H16N2O3/c1-9-11-8-10(14(17)18)5-6-12(11)16(15-9)13-4-2-3-7-19-13/h5-6,8,13H,2-4,7H2,1H3,(H,17,18). The van der Waals surface area contributed by atoms with Crippen molar-refractivity contribution in [2.75, 3.05) is 6.61 Å². The number of carboxylic acids is 1. The number of aryl methyl sites for hydroxylation is 1. The maximum absolute atomic E-state index is 11.0. The Labute approximate surface area is 110 Å². The van der Waals surface area contributed by atoms with Gasteiger partial charge in [0.1, 0.15) is 0 Å². The number of ether oxygens (including phenoxy) is 1. The van der Waals surface area contributed by atoms with Gasteiger partial charge < -0.3 is 9.84 Å². The SMILES string of the molecule is Cc1nn(C2CCCCO2)c2ccc(C(=O)O)cc12. The van der Waals surface area contributed by atoms with Crippen molar-refractivity contribution >= 4 is 16.9 Å². The fourth-order valence-corrected chi connectivity index (χ4v) is 2.56. The summed E-state index contributed by atoms with van der Waals surface area (Å²) in [5, 5.41) is 14.4. The Kier molecular flexibility index (Phi) is 2.98. The van der Waals surface area contributed by atoms with Gasteiger partial charge in [-0.1, -0.05) is 0 Å². The molecular weight excluding hydrogens is 244 g/mol. The number of nitrogens with zero attached hydrogens (tertiary/aromatic N) is 2. The highest BCUT2D eigenvalue weighted by atomic mass is 16.5. The van der Waals surface area contributed by atoms with Crippen molar-refractivity contribution in [3.05, 3.63) is 29.5 Å². The lowest BCUT2D eigenvalue weighted by atomic mass is 10.1. The quantitative estimate of drug-likeness (QED) is 0.901. The van der Waals surface area contributed by atoms with Gasteiger partial charge in [0.05, 0.1) is 16.8 Å². The third-order valence-electron chi connectivity index (χ3n) is 3.57. The molecule has 0 aliphatic carbocycles. The van der Waals surface area contributed by atoms with E-state index in [0.29, 0.717) is 5.56 Å². The topological polar surface area (TPSA) is 64.4 Å². The number of aromatic nitrogens is 2. The summed E-state index contributed by atoms with van der Waals surface area (Å²) in [6, 6.07) is 5.11. The molecule has 1 fully saturated rings. The Morgan fingerprint density at radius 2 is 2.32 bits per heavy atom. The molecule has 1 aromatic heterocycles. The van der Waals surface area contributed by atoms with E-state index >= 15 is 0 Å². The van der Waals surface area contributed by atoms with Crippen LogP contribution in [0.2, 0.25) is 0 Å². The molecule has 0 spiro atoms. The first-order valence-corrected chi connectivity index (χ1v) is 6.50. The molecule has 2 aromatic rings. The zero-order chi connectivity index (χ0) is 13.4. The maximum Gasteiger partial charge on any atom is 0.335 e. The smallest absolute Gasteiger partial charge is 0.335 e. The van der Waals surface area contributed by atoms with Crippen LogP contribution in [0.25, 0.3) is 10.9 Å². The van der Waals surface area contributed by atoms with Crippen molar-refractivity contribution in [2.45, 2.75) is 32.4 Å². The van der Waals surface area contributed by atoms with Crippen LogP contribution < -0.4 is 0 Å². The van der Waals surface area contributed by atoms with Gasteiger partial charge in [-0.2, -0.15) is 5.10 Å². The first-order valence-electron chi connectivity index (χ1n) is 6.50. The van der Waals surface area contributed by atoms with E-state index in [0.717, 1.165) is 42.5 Å². The van der Waals surface area contributed by atoms with Gasteiger partial charge in [0.2, 0.25) is 0 Å². The van der Waals surface area contributed by atoms with E-state index in [4.69, 9.17) is 9.84 Å². The molecule has 1 unspecified atom stereocenters. The monoisotopic (exact) mass is 260 g/mol. The fraction of sp³-hybridized carbons (Fsp3) is 0.429. The lowest BCUT2D eigenvalue weighted by Gasteiger charge is -2.23. The minimum absolute atomic E-state index is 0.0272. The maximum atomic E-state index is 11.0. The Morgan fingerprint density at radius 1 is 1.47 bits per heavy atom. The molecule has 0 bridgehead atoms. The lowest BCUT2D eigenvalue weighted by molar-refractivity contribution is -0.0368. The van der Waals surface area contributed by atoms with Crippen LogP contribution >= 0.6 is 0 Å². The minimum Gasteiger partial charge on any atom is -0.478 e. The largest absolute Gasteiger partial charge is 0.478 e. The van der Waals surface area contributed by atoms with Gasteiger partial charge in [0, 0.05) is 12.0 Å². The molecule has 0 radical (unpaired) electrons. The zero-order valence-corrected chi connectivity index (χ0v) is 10.8. The lowest BCUT2D eigenvalue weighted by Crippen LogP contribution is -2.19. The van der Waals surface area contributed by atoms with E-state index in [1.807, 2.05) is 17.7 Å². The van der Waals surface area contributed by atoms with E-state index in [1.165, 1.54) is 0 Å². The summed E-state index contributed by atoms with van der Waals surface area (Å²) in [7, 11) is 0. The summed E-state index contributed by atoms with van der Waals surface area (Å²) in [6.45, 7) is 2.66. The van der Waals surface area contributed by atoms with Crippen molar-refractivity contribution in [1.82, 2.24) is 9.78 Å². The predicted molar refractivity (Wildman–Crippen MR) is 70.3 cm³/mol. The average Bonchev–Trinajstić information content (AvgIpc) is 2.77. The molecule has 19 heavy (non-hydrogen) atoms. The van der Waals surface area contributed by atoms with E-state index in [1.54, 1.807) is 12.1 Å². The van der Waals surface area contributed by atoms with Crippen LogP contribution in [0.5, 0.6) is 0 Å². The molecule has 1 aliphatic rings. The number of carbonyl (C=O) groups is 1. The summed E-state index contributed by atoms with van der Waals surface area (Å²) in [5.41, 5.74) is 2.07. The highest BCUT2D eigenvalue weighted by molar-refractivity contribution is 5.94. The van der Waals surface area contributed by atoms with Gasteiger partial charge in [-0.3, -0.25) is 0 Å². The Balaban J connectivity index is 2.08. The molecule has 5 nitrogen and oxygen atoms in total. The van der Waals surface area contributed by atoms with Gasteiger partial charge in [0.15, 0.2) is 6.23 Å². The third-order valence-corrected chi connectivity index (χ3v) is 3.57. The molecule has 2 heterocycles. The van der Waals surface area contributed by atoms with E-state index in [-0.39, 0.29) is 6.23 Å². The molecular formula is C14H16N2O3. The zero-order valence-electron chi connectivity index (χ0n) is 10.8. The summed E-state index contributed by atoms with van der Waals surface area (Å²) in [4.78, 5) is 11.0. The number of benzene rings is 1. The van der Waals surface area contributed by atoms with Gasteiger partial charge in [0.25, 0.3) is 0 Å². The predicted octanol–water partition coefficient (Wildman–Crippen LogP) is 2.74. The first kappa shape index (κ1) is 12.2. The number of fused-ring (bicyclic) bond motifs is 1. The second-order valence-electron chi connectivity index (χ2n) is 4.89. The Hall–Kier alpha value is -1.88. The van der Waals surface area contributed by atoms with Crippen LogP contribution in [0.3, 0.4) is 0 Å². The van der Waals surface area contributed by atoms with E-state index in [2.05, 4.69) is 5.10 Å². The second-order valence-corrected chi connectivity index (χ2v) is 4.89. The third kappa shape index (κ3) is 2.10. The number of aromatic carboxylic acids is 1. The first-order chi connectivity index (χ1) is 9.16. The number of rotatable bonds is 2. The van der Waals surface area contributed by atoms with Gasteiger partial charge in [-0.15, -0.1) is 0 Å². The van der Waals surface area contributed by atoms with Crippen molar-refractivity contribution < 1.29 is 14.6 Å². The molecule has 5 heteroatoms. The van der Waals surface area contributed by atoms with Crippen LogP contribution in [0.15, 0.2) is 18.2 Å². The van der Waals surface area contributed by atoms with Crippen molar-refractivity contribution in [3.63, 3.8) is 0 Å². The number of hydrogen-bond donors (Lipinski definition) is 1. The molecule has 1 atom stereocenters. The summed E-state index contributed by atoms with van der Waals surface area (Å²) in [6.07, 6.45) is 3.16. The van der Waals surface area contributed by atoms with Crippen LogP contribution in [0, 0.1) is 6.92 Å². The van der Waals surface area contributed by atoms with Crippen LogP contribution in [0.1, 0.15) is 41.5 Å². The molecule has 1 N–H and O–H groups in total. The summed E-state index contributed by atoms with van der Waals surface area (Å²) < 4.78 is 7.63. The van der Waals surface area contributed by atoms with Crippen LogP contribution in [-0.4, -0.2) is 27.5 Å². The molecule has 3 rings (SSSR count). The Bertz CT molecular complexity index is 627. The van der Waals surface area contributed by atoms with E-state index in [9.17, 15) is 4.79 Å². The molecule has 1 saturated heterocycles. The van der Waals surface area contributed by atoms with Crippen molar-refractivity contribution in [2.24, 2.45) is 0 Å². The normalized spacial score (nSPS) is 19.7. The fourth-order valence-electron chi connectivity index (χ4n) is 2.56. The molecule has 100 valence electrons. The van der Waals surface area contributed by atoms with Gasteiger partial charge >= 0.3 is 5.97 Å². The minimum atomic E-state index is -0.914. The van der Waals surface area contributed by atoms with Gasteiger partial charge in [-0.25, -0.2) is 9.48 Å². The number of hydrogen-bond acceptors (Lipinski definition) is 3. The van der Waals surface area contributed by atoms with Crippen molar-refractivity contribution in [3.8, 4) is 0 Å².